The first-order valence-corrected chi connectivity index (χ1v) is 20.6. The Labute approximate surface area is 295 Å². The normalized spacial score (nSPS) is 20.5. The molecule has 3 nitrogen and oxygen atoms in total. The summed E-state index contributed by atoms with van der Waals surface area (Å²) >= 11 is 0. The van der Waals surface area contributed by atoms with E-state index in [1.54, 1.807) is 0 Å². The number of rotatable bonds is 33. The molecule has 1 aliphatic heterocycles. The molecular formula is C44H81NO2. The molecule has 274 valence electrons. The number of hydrogen-bond acceptors (Lipinski definition) is 3. The predicted octanol–water partition coefficient (Wildman–Crippen LogP) is 13.8. The molecule has 2 atom stereocenters. The van der Waals surface area contributed by atoms with E-state index in [1.165, 1.54) is 141 Å². The van der Waals surface area contributed by atoms with Gasteiger partial charge >= 0.3 is 0 Å². The number of allylic oxidation sites excluding steroid dienone is 8. The number of nitrogens with zero attached hydrogens (tertiary/aromatic N) is 1. The maximum absolute atomic E-state index is 6.79. The maximum Gasteiger partial charge on any atom is 0.169 e. The number of ether oxygens (including phenoxy) is 2. The van der Waals surface area contributed by atoms with Crippen LogP contribution in [0.4, 0.5) is 0 Å². The van der Waals surface area contributed by atoms with Crippen molar-refractivity contribution in [1.82, 2.24) is 4.90 Å². The molecule has 0 bridgehead atoms. The zero-order chi connectivity index (χ0) is 34.1. The van der Waals surface area contributed by atoms with Crippen LogP contribution in [0.15, 0.2) is 48.6 Å². The van der Waals surface area contributed by atoms with Gasteiger partial charge in [-0.2, -0.15) is 0 Å². The van der Waals surface area contributed by atoms with Crippen molar-refractivity contribution >= 4 is 0 Å². The molecule has 3 heteroatoms. The smallest absolute Gasteiger partial charge is 0.169 e. The first kappa shape index (κ1) is 43.9. The highest BCUT2D eigenvalue weighted by Gasteiger charge is 2.44. The highest BCUT2D eigenvalue weighted by atomic mass is 16.8. The Morgan fingerprint density at radius 3 is 1.28 bits per heavy atom. The van der Waals surface area contributed by atoms with E-state index in [0.717, 1.165) is 38.6 Å². The molecule has 0 saturated carbocycles. The summed E-state index contributed by atoms with van der Waals surface area (Å²) < 4.78 is 13.5. The minimum absolute atomic E-state index is 0.198. The molecular weight excluding hydrogens is 574 g/mol. The topological polar surface area (TPSA) is 21.7 Å². The highest BCUT2D eigenvalue weighted by Crippen LogP contribution is 2.38. The van der Waals surface area contributed by atoms with Crippen LogP contribution in [-0.4, -0.2) is 43.5 Å². The van der Waals surface area contributed by atoms with Crippen LogP contribution in [-0.2, 0) is 9.47 Å². The molecule has 1 heterocycles. The van der Waals surface area contributed by atoms with E-state index in [1.807, 2.05) is 0 Å². The van der Waals surface area contributed by atoms with E-state index in [0.29, 0.717) is 0 Å². The second-order valence-electron chi connectivity index (χ2n) is 14.7. The van der Waals surface area contributed by atoms with Crippen molar-refractivity contribution in [1.29, 1.82) is 0 Å². The van der Waals surface area contributed by atoms with Crippen LogP contribution in [0.25, 0.3) is 0 Å². The highest BCUT2D eigenvalue weighted by molar-refractivity contribution is 4.93. The van der Waals surface area contributed by atoms with Gasteiger partial charge in [0.25, 0.3) is 0 Å². The second-order valence-corrected chi connectivity index (χ2v) is 14.7. The summed E-state index contributed by atoms with van der Waals surface area (Å²) in [6.07, 6.45) is 53.4. The minimum Gasteiger partial charge on any atom is -0.344 e. The fourth-order valence-corrected chi connectivity index (χ4v) is 6.62. The largest absolute Gasteiger partial charge is 0.344 e. The van der Waals surface area contributed by atoms with Crippen LogP contribution in [0, 0.1) is 0 Å². The Balaban J connectivity index is 2.22. The van der Waals surface area contributed by atoms with E-state index in [2.05, 4.69) is 88.4 Å². The molecule has 47 heavy (non-hydrogen) atoms. The Kier molecular flexibility index (Phi) is 29.9. The Morgan fingerprint density at radius 2 is 0.872 bits per heavy atom. The summed E-state index contributed by atoms with van der Waals surface area (Å²) in [5.74, 6) is -0.346. The molecule has 1 fully saturated rings. The van der Waals surface area contributed by atoms with Crippen LogP contribution in [0.3, 0.4) is 0 Å². The minimum atomic E-state index is -0.346. The first-order chi connectivity index (χ1) is 23.0. The van der Waals surface area contributed by atoms with Crippen molar-refractivity contribution < 1.29 is 9.47 Å². The van der Waals surface area contributed by atoms with Gasteiger partial charge in [0, 0.05) is 19.4 Å². The van der Waals surface area contributed by atoms with E-state index in [-0.39, 0.29) is 18.0 Å². The van der Waals surface area contributed by atoms with Gasteiger partial charge in [-0.15, -0.1) is 0 Å². The van der Waals surface area contributed by atoms with Gasteiger partial charge in [0.1, 0.15) is 0 Å². The zero-order valence-electron chi connectivity index (χ0n) is 32.3. The van der Waals surface area contributed by atoms with E-state index >= 15 is 0 Å². The first-order valence-electron chi connectivity index (χ1n) is 20.6. The molecule has 0 aliphatic carbocycles. The molecule has 0 amide bonds. The lowest BCUT2D eigenvalue weighted by molar-refractivity contribution is -0.186. The SMILES string of the molecule is CCCCCC=CCC=CCCCCCCCCC1(CCCCCCCCC=CCC=CCCCCC)OC(C)C(CCN(C)C)O1. The lowest BCUT2D eigenvalue weighted by Crippen LogP contribution is -2.31. The van der Waals surface area contributed by atoms with Gasteiger partial charge in [-0.3, -0.25) is 0 Å². The predicted molar refractivity (Wildman–Crippen MR) is 209 cm³/mol. The molecule has 0 spiro atoms. The lowest BCUT2D eigenvalue weighted by atomic mass is 9.98. The van der Waals surface area contributed by atoms with E-state index in [9.17, 15) is 0 Å². The Bertz CT molecular complexity index is 734. The second kappa shape index (κ2) is 32.1. The van der Waals surface area contributed by atoms with Crippen LogP contribution in [0.1, 0.15) is 194 Å². The number of unbranched alkanes of at least 4 members (excludes halogenated alkanes) is 18. The van der Waals surface area contributed by atoms with Gasteiger partial charge in [0.05, 0.1) is 12.2 Å². The summed E-state index contributed by atoms with van der Waals surface area (Å²) in [7, 11) is 4.31. The van der Waals surface area contributed by atoms with E-state index in [4.69, 9.17) is 9.47 Å². The zero-order valence-corrected chi connectivity index (χ0v) is 32.3. The monoisotopic (exact) mass is 656 g/mol. The Hall–Kier alpha value is -1.16. The summed E-state index contributed by atoms with van der Waals surface area (Å²) in [4.78, 5) is 2.26. The van der Waals surface area contributed by atoms with Crippen LogP contribution >= 0.6 is 0 Å². The molecule has 1 aliphatic rings. The summed E-state index contributed by atoms with van der Waals surface area (Å²) in [6, 6.07) is 0. The molecule has 0 radical (unpaired) electrons. The molecule has 0 N–H and O–H groups in total. The van der Waals surface area contributed by atoms with Crippen molar-refractivity contribution in [2.75, 3.05) is 20.6 Å². The van der Waals surface area contributed by atoms with Crippen LogP contribution in [0.2, 0.25) is 0 Å². The van der Waals surface area contributed by atoms with Crippen molar-refractivity contribution in [3.63, 3.8) is 0 Å². The van der Waals surface area contributed by atoms with Gasteiger partial charge in [-0.05, 0) is 104 Å². The summed E-state index contributed by atoms with van der Waals surface area (Å²) in [5.41, 5.74) is 0. The summed E-state index contributed by atoms with van der Waals surface area (Å²) in [6.45, 7) is 7.83. The average molecular weight is 656 g/mol. The van der Waals surface area contributed by atoms with Gasteiger partial charge in [0.15, 0.2) is 5.79 Å². The lowest BCUT2D eigenvalue weighted by Gasteiger charge is -2.29. The van der Waals surface area contributed by atoms with Gasteiger partial charge in [-0.25, -0.2) is 0 Å². The Morgan fingerprint density at radius 1 is 0.489 bits per heavy atom. The fourth-order valence-electron chi connectivity index (χ4n) is 6.62. The third kappa shape index (κ3) is 26.4. The maximum atomic E-state index is 6.79. The van der Waals surface area contributed by atoms with Crippen molar-refractivity contribution in [2.24, 2.45) is 0 Å². The van der Waals surface area contributed by atoms with Gasteiger partial charge in [-0.1, -0.05) is 140 Å². The quantitative estimate of drug-likeness (QED) is 0.0519. The van der Waals surface area contributed by atoms with Crippen LogP contribution in [0.5, 0.6) is 0 Å². The molecule has 2 unspecified atom stereocenters. The molecule has 1 rings (SSSR count). The number of hydrogen-bond donors (Lipinski definition) is 0. The van der Waals surface area contributed by atoms with Gasteiger partial charge < -0.3 is 14.4 Å². The van der Waals surface area contributed by atoms with Crippen molar-refractivity contribution in [3.8, 4) is 0 Å². The average Bonchev–Trinajstić information content (AvgIpc) is 3.38. The third-order valence-electron chi connectivity index (χ3n) is 9.67. The van der Waals surface area contributed by atoms with Gasteiger partial charge in [0.2, 0.25) is 0 Å². The van der Waals surface area contributed by atoms with E-state index < -0.39 is 0 Å². The summed E-state index contributed by atoms with van der Waals surface area (Å²) in [5, 5.41) is 0. The molecule has 0 aromatic carbocycles. The van der Waals surface area contributed by atoms with Crippen molar-refractivity contribution in [3.05, 3.63) is 48.6 Å². The third-order valence-corrected chi connectivity index (χ3v) is 9.67. The fraction of sp³-hybridized carbons (Fsp3) is 0.818. The molecule has 1 saturated heterocycles. The molecule has 0 aromatic heterocycles. The van der Waals surface area contributed by atoms with Crippen molar-refractivity contribution in [2.45, 2.75) is 212 Å². The standard InChI is InChI=1S/C44H81NO2/c1-6-8-10-12-14-16-18-20-22-24-26-28-30-32-34-36-39-44(46-42(3)43(47-44)38-41-45(4)5)40-37-35-33-31-29-27-25-23-21-19-17-15-13-11-9-7-2/h14-17,20-23,42-43H,6-13,18-19,24-41H2,1-5H3. The molecule has 0 aromatic rings. The van der Waals surface area contributed by atoms with Crippen LogP contribution < -0.4 is 0 Å².